The van der Waals surface area contributed by atoms with E-state index < -0.39 is 0 Å². The smallest absolute Gasteiger partial charge is 0.272 e. The molecule has 31 heavy (non-hydrogen) atoms. The Labute approximate surface area is 179 Å². The van der Waals surface area contributed by atoms with Crippen LogP contribution >= 0.6 is 0 Å². The molecule has 0 bridgehead atoms. The van der Waals surface area contributed by atoms with Gasteiger partial charge in [0.2, 0.25) is 5.88 Å². The normalized spacial score (nSPS) is 15.4. The van der Waals surface area contributed by atoms with Gasteiger partial charge in [-0.15, -0.1) is 0 Å². The largest absolute Gasteiger partial charge is 0.497 e. The first kappa shape index (κ1) is 20.2. The van der Waals surface area contributed by atoms with Gasteiger partial charge in [-0.1, -0.05) is 0 Å². The first-order valence-electron chi connectivity index (χ1n) is 9.71. The summed E-state index contributed by atoms with van der Waals surface area (Å²) < 4.78 is 16.5. The highest BCUT2D eigenvalue weighted by Gasteiger charge is 2.30. The summed E-state index contributed by atoms with van der Waals surface area (Å²) >= 11 is 0. The fourth-order valence-corrected chi connectivity index (χ4v) is 3.48. The number of aromatic nitrogens is 3. The zero-order chi connectivity index (χ0) is 21.8. The molecule has 1 amide bonds. The number of nitrogens with one attached hydrogen (secondary N) is 1. The monoisotopic (exact) mass is 419 g/mol. The van der Waals surface area contributed by atoms with E-state index in [9.17, 15) is 4.79 Å². The van der Waals surface area contributed by atoms with Gasteiger partial charge >= 0.3 is 0 Å². The average molecular weight is 419 g/mol. The number of pyridine rings is 1. The molecule has 1 aliphatic heterocycles. The summed E-state index contributed by atoms with van der Waals surface area (Å²) in [5, 5.41) is 16.1. The molecule has 9 nitrogen and oxygen atoms in total. The van der Waals surface area contributed by atoms with Crippen molar-refractivity contribution >= 4 is 5.91 Å². The maximum Gasteiger partial charge on any atom is 0.272 e. The van der Waals surface area contributed by atoms with E-state index in [1.54, 1.807) is 49.5 Å². The van der Waals surface area contributed by atoms with Gasteiger partial charge in [-0.2, -0.15) is 10.4 Å². The minimum absolute atomic E-state index is 0.162. The number of nitrogens with zero attached hydrogens (tertiary/aromatic N) is 4. The molecule has 4 rings (SSSR count). The van der Waals surface area contributed by atoms with Crippen LogP contribution in [0.1, 0.15) is 22.5 Å². The number of carbonyl (C=O) groups is 1. The van der Waals surface area contributed by atoms with E-state index in [0.717, 1.165) is 5.56 Å². The molecule has 3 aromatic rings. The topological polar surface area (TPSA) is 113 Å². The van der Waals surface area contributed by atoms with Gasteiger partial charge in [-0.25, -0.2) is 4.98 Å². The van der Waals surface area contributed by atoms with Crippen LogP contribution < -0.4 is 14.2 Å². The Bertz CT molecular complexity index is 1140. The SMILES string of the molecule is COc1ccc(OC)c(-c2cc(C(=O)N3CCC(Oc4cc(C#N)ccn4)C3)[nH]n2)c1. The molecule has 1 N–H and O–H groups in total. The van der Waals surface area contributed by atoms with Crippen molar-refractivity contribution in [3.05, 3.63) is 53.9 Å². The molecular weight excluding hydrogens is 398 g/mol. The van der Waals surface area contributed by atoms with Gasteiger partial charge in [0.25, 0.3) is 5.91 Å². The number of carbonyl (C=O) groups excluding carboxylic acids is 1. The van der Waals surface area contributed by atoms with E-state index in [1.165, 1.54) is 6.20 Å². The van der Waals surface area contributed by atoms with Crippen LogP contribution in [0.2, 0.25) is 0 Å². The molecule has 1 saturated heterocycles. The number of ether oxygens (including phenoxy) is 3. The van der Waals surface area contributed by atoms with Crippen molar-refractivity contribution < 1.29 is 19.0 Å². The Balaban J connectivity index is 1.45. The number of aromatic amines is 1. The summed E-state index contributed by atoms with van der Waals surface area (Å²) in [6.07, 6.45) is 2.02. The first-order chi connectivity index (χ1) is 15.1. The zero-order valence-corrected chi connectivity index (χ0v) is 17.2. The van der Waals surface area contributed by atoms with Crippen molar-refractivity contribution in [3.63, 3.8) is 0 Å². The van der Waals surface area contributed by atoms with Gasteiger partial charge in [0.15, 0.2) is 0 Å². The highest BCUT2D eigenvalue weighted by Crippen LogP contribution is 2.32. The molecule has 158 valence electrons. The average Bonchev–Trinajstić information content (AvgIpc) is 3.48. The lowest BCUT2D eigenvalue weighted by molar-refractivity contribution is 0.0765. The molecule has 1 atom stereocenters. The number of hydrogen-bond acceptors (Lipinski definition) is 7. The molecule has 9 heteroatoms. The van der Waals surface area contributed by atoms with Gasteiger partial charge in [0.1, 0.15) is 23.3 Å². The number of nitriles is 1. The molecule has 0 aliphatic carbocycles. The van der Waals surface area contributed by atoms with E-state index in [1.807, 2.05) is 6.07 Å². The number of hydrogen-bond donors (Lipinski definition) is 1. The molecule has 1 fully saturated rings. The Hall–Kier alpha value is -4.06. The van der Waals surface area contributed by atoms with E-state index >= 15 is 0 Å². The maximum absolute atomic E-state index is 13.0. The number of rotatable bonds is 6. The van der Waals surface area contributed by atoms with Crippen molar-refractivity contribution in [1.82, 2.24) is 20.1 Å². The third-order valence-corrected chi connectivity index (χ3v) is 5.07. The number of methoxy groups -OCH3 is 2. The summed E-state index contributed by atoms with van der Waals surface area (Å²) in [7, 11) is 3.17. The Kier molecular flexibility index (Phi) is 5.71. The van der Waals surface area contributed by atoms with Crippen LogP contribution in [0.4, 0.5) is 0 Å². The standard InChI is InChI=1S/C22H21N5O4/c1-29-15-3-4-20(30-2)17(10-15)18-11-19(26-25-18)22(28)27-8-6-16(13-27)31-21-9-14(12-23)5-7-24-21/h3-5,7,9-11,16H,6,8,13H2,1-2H3,(H,25,26). The van der Waals surface area contributed by atoms with Crippen LogP contribution in [0.3, 0.4) is 0 Å². The second-order valence-corrected chi connectivity index (χ2v) is 7.01. The lowest BCUT2D eigenvalue weighted by Crippen LogP contribution is -2.31. The van der Waals surface area contributed by atoms with Gasteiger partial charge in [0, 0.05) is 30.8 Å². The lowest BCUT2D eigenvalue weighted by atomic mass is 10.1. The van der Waals surface area contributed by atoms with Crippen molar-refractivity contribution in [3.8, 4) is 34.7 Å². The van der Waals surface area contributed by atoms with Crippen molar-refractivity contribution in [2.24, 2.45) is 0 Å². The zero-order valence-electron chi connectivity index (χ0n) is 17.2. The number of amides is 1. The van der Waals surface area contributed by atoms with Crippen LogP contribution in [0.15, 0.2) is 42.6 Å². The summed E-state index contributed by atoms with van der Waals surface area (Å²) in [6, 6.07) is 12.4. The van der Waals surface area contributed by atoms with Crippen LogP contribution in [0, 0.1) is 11.3 Å². The van der Waals surface area contributed by atoms with E-state index in [4.69, 9.17) is 19.5 Å². The van der Waals surface area contributed by atoms with Crippen LogP contribution in [-0.2, 0) is 0 Å². The third-order valence-electron chi connectivity index (χ3n) is 5.07. The predicted molar refractivity (Wildman–Crippen MR) is 111 cm³/mol. The predicted octanol–water partition coefficient (Wildman–Crippen LogP) is 2.65. The van der Waals surface area contributed by atoms with Crippen LogP contribution in [0.5, 0.6) is 17.4 Å². The molecule has 1 unspecified atom stereocenters. The number of likely N-dealkylation sites (tertiary alicyclic amines) is 1. The molecule has 0 saturated carbocycles. The van der Waals surface area contributed by atoms with Gasteiger partial charge in [0.05, 0.1) is 38.1 Å². The Morgan fingerprint density at radius 1 is 1.23 bits per heavy atom. The van der Waals surface area contributed by atoms with Gasteiger partial charge in [-0.05, 0) is 30.3 Å². The molecule has 2 aromatic heterocycles. The number of benzene rings is 1. The van der Waals surface area contributed by atoms with Gasteiger partial charge < -0.3 is 19.1 Å². The molecule has 1 aliphatic rings. The second kappa shape index (κ2) is 8.75. The van der Waals surface area contributed by atoms with Crippen LogP contribution in [0.25, 0.3) is 11.3 Å². The van der Waals surface area contributed by atoms with E-state index in [-0.39, 0.29) is 12.0 Å². The highest BCUT2D eigenvalue weighted by molar-refractivity contribution is 5.93. The highest BCUT2D eigenvalue weighted by atomic mass is 16.5. The fourth-order valence-electron chi connectivity index (χ4n) is 3.48. The van der Waals surface area contributed by atoms with Crippen molar-refractivity contribution in [2.45, 2.75) is 12.5 Å². The quantitative estimate of drug-likeness (QED) is 0.653. The third kappa shape index (κ3) is 4.28. The molecule has 0 spiro atoms. The number of H-pyrrole nitrogens is 1. The summed E-state index contributed by atoms with van der Waals surface area (Å²) in [5.74, 6) is 1.52. The Morgan fingerprint density at radius 3 is 2.87 bits per heavy atom. The molecule has 3 heterocycles. The van der Waals surface area contributed by atoms with E-state index in [0.29, 0.717) is 53.8 Å². The first-order valence-corrected chi connectivity index (χ1v) is 9.71. The minimum atomic E-state index is -0.189. The van der Waals surface area contributed by atoms with Crippen molar-refractivity contribution in [2.75, 3.05) is 27.3 Å². The summed E-state index contributed by atoms with van der Waals surface area (Å²) in [4.78, 5) is 18.8. The molecular formula is C22H21N5O4. The lowest BCUT2D eigenvalue weighted by Gasteiger charge is -2.16. The minimum Gasteiger partial charge on any atom is -0.497 e. The molecule has 0 radical (unpaired) electrons. The summed E-state index contributed by atoms with van der Waals surface area (Å²) in [5.41, 5.74) is 2.17. The van der Waals surface area contributed by atoms with Gasteiger partial charge in [-0.3, -0.25) is 9.89 Å². The second-order valence-electron chi connectivity index (χ2n) is 7.01. The fraction of sp³-hybridized carbons (Fsp3) is 0.273. The van der Waals surface area contributed by atoms with Crippen molar-refractivity contribution in [1.29, 1.82) is 5.26 Å². The summed E-state index contributed by atoms with van der Waals surface area (Å²) in [6.45, 7) is 0.979. The maximum atomic E-state index is 13.0. The Morgan fingerprint density at radius 2 is 2.10 bits per heavy atom. The van der Waals surface area contributed by atoms with Crippen LogP contribution in [-0.4, -0.2) is 59.4 Å². The molecule has 1 aromatic carbocycles. The van der Waals surface area contributed by atoms with E-state index in [2.05, 4.69) is 21.3 Å².